The molecule has 1 atom stereocenters. The molecule has 1 N–H and O–H groups in total. The van der Waals surface area contributed by atoms with Crippen LogP contribution in [0.1, 0.15) is 28.6 Å². The maximum Gasteiger partial charge on any atom is 0.333 e. The van der Waals surface area contributed by atoms with E-state index in [1.54, 1.807) is 38.1 Å². The van der Waals surface area contributed by atoms with Crippen molar-refractivity contribution in [2.75, 3.05) is 7.11 Å². The SMILES string of the molecule is COC(=O)[C@@H](NC(=O)Cc1c(C)noc1C)c1ccccc1. The number of aryl methyl sites for hydroxylation is 2. The Kier molecular flexibility index (Phi) is 4.93. The van der Waals surface area contributed by atoms with Crippen LogP contribution < -0.4 is 5.32 Å². The highest BCUT2D eigenvalue weighted by atomic mass is 16.5. The van der Waals surface area contributed by atoms with Crippen molar-refractivity contribution >= 4 is 11.9 Å². The minimum absolute atomic E-state index is 0.0987. The summed E-state index contributed by atoms with van der Waals surface area (Å²) in [5, 5.41) is 6.50. The largest absolute Gasteiger partial charge is 0.467 e. The molecule has 116 valence electrons. The molecular weight excluding hydrogens is 284 g/mol. The van der Waals surface area contributed by atoms with Gasteiger partial charge >= 0.3 is 5.97 Å². The highest BCUT2D eigenvalue weighted by Gasteiger charge is 2.24. The Morgan fingerprint density at radius 3 is 2.50 bits per heavy atom. The van der Waals surface area contributed by atoms with Crippen LogP contribution in [-0.4, -0.2) is 24.1 Å². The molecule has 0 fully saturated rings. The summed E-state index contributed by atoms with van der Waals surface area (Å²) in [5.74, 6) is -0.214. The summed E-state index contributed by atoms with van der Waals surface area (Å²) in [6, 6.07) is 8.12. The van der Waals surface area contributed by atoms with Crippen LogP contribution in [0.15, 0.2) is 34.9 Å². The number of benzene rings is 1. The normalized spacial score (nSPS) is 11.8. The van der Waals surface area contributed by atoms with Gasteiger partial charge in [-0.05, 0) is 19.4 Å². The van der Waals surface area contributed by atoms with E-state index in [0.29, 0.717) is 17.0 Å². The molecule has 0 radical (unpaired) electrons. The molecule has 1 aromatic carbocycles. The molecule has 2 aromatic rings. The Labute approximate surface area is 128 Å². The first-order chi connectivity index (χ1) is 10.5. The van der Waals surface area contributed by atoms with Gasteiger partial charge in [0.25, 0.3) is 0 Å². The van der Waals surface area contributed by atoms with E-state index < -0.39 is 12.0 Å². The van der Waals surface area contributed by atoms with Crippen LogP contribution in [0.2, 0.25) is 0 Å². The highest BCUT2D eigenvalue weighted by Crippen LogP contribution is 2.16. The lowest BCUT2D eigenvalue weighted by Gasteiger charge is -2.16. The zero-order valence-corrected chi connectivity index (χ0v) is 12.8. The number of hydrogen-bond donors (Lipinski definition) is 1. The highest BCUT2D eigenvalue weighted by molar-refractivity contribution is 5.86. The van der Waals surface area contributed by atoms with Crippen molar-refractivity contribution < 1.29 is 18.8 Å². The number of rotatable bonds is 5. The average molecular weight is 302 g/mol. The van der Waals surface area contributed by atoms with Crippen LogP contribution in [0.5, 0.6) is 0 Å². The molecule has 0 aliphatic rings. The third kappa shape index (κ3) is 3.52. The standard InChI is InChI=1S/C16H18N2O4/c1-10-13(11(2)22-18-10)9-14(19)17-15(16(20)21-3)12-7-5-4-6-8-12/h4-8,15H,9H2,1-3H3,(H,17,19)/t15-/m0/s1. The summed E-state index contributed by atoms with van der Waals surface area (Å²) >= 11 is 0. The van der Waals surface area contributed by atoms with E-state index in [1.807, 2.05) is 6.07 Å². The summed E-state index contributed by atoms with van der Waals surface area (Å²) in [6.45, 7) is 3.52. The average Bonchev–Trinajstić information content (AvgIpc) is 2.84. The molecule has 1 aromatic heterocycles. The predicted molar refractivity (Wildman–Crippen MR) is 79.0 cm³/mol. The molecule has 1 heterocycles. The van der Waals surface area contributed by atoms with Gasteiger partial charge in [-0.3, -0.25) is 4.79 Å². The van der Waals surface area contributed by atoms with Crippen molar-refractivity contribution in [1.82, 2.24) is 10.5 Å². The van der Waals surface area contributed by atoms with Crippen molar-refractivity contribution in [3.63, 3.8) is 0 Å². The van der Waals surface area contributed by atoms with Gasteiger partial charge in [-0.2, -0.15) is 0 Å². The molecule has 6 nitrogen and oxygen atoms in total. The third-order valence-corrected chi connectivity index (χ3v) is 3.39. The molecule has 2 rings (SSSR count). The molecule has 22 heavy (non-hydrogen) atoms. The van der Waals surface area contributed by atoms with Gasteiger partial charge in [-0.1, -0.05) is 35.5 Å². The molecule has 1 amide bonds. The Morgan fingerprint density at radius 1 is 1.27 bits per heavy atom. The first kappa shape index (κ1) is 15.8. The summed E-state index contributed by atoms with van der Waals surface area (Å²) in [5.41, 5.74) is 2.07. The first-order valence-corrected chi connectivity index (χ1v) is 6.86. The van der Waals surface area contributed by atoms with Gasteiger partial charge in [0.05, 0.1) is 19.2 Å². The first-order valence-electron chi connectivity index (χ1n) is 6.86. The third-order valence-electron chi connectivity index (χ3n) is 3.39. The number of esters is 1. The number of hydrogen-bond acceptors (Lipinski definition) is 5. The summed E-state index contributed by atoms with van der Waals surface area (Å²) in [6.07, 6.45) is 0.0987. The number of aromatic nitrogens is 1. The zero-order valence-electron chi connectivity index (χ0n) is 12.8. The maximum atomic E-state index is 12.2. The van der Waals surface area contributed by atoms with Gasteiger partial charge < -0.3 is 14.6 Å². The Hall–Kier alpha value is -2.63. The van der Waals surface area contributed by atoms with Gasteiger partial charge in [0.15, 0.2) is 6.04 Å². The fraction of sp³-hybridized carbons (Fsp3) is 0.312. The van der Waals surface area contributed by atoms with Gasteiger partial charge in [0.2, 0.25) is 5.91 Å². The lowest BCUT2D eigenvalue weighted by Crippen LogP contribution is -2.35. The van der Waals surface area contributed by atoms with Crippen molar-refractivity contribution in [3.05, 3.63) is 52.9 Å². The van der Waals surface area contributed by atoms with Gasteiger partial charge in [-0.25, -0.2) is 4.79 Å². The Bertz CT molecular complexity index is 645. The van der Waals surface area contributed by atoms with E-state index in [4.69, 9.17) is 9.26 Å². The molecule has 0 bridgehead atoms. The van der Waals surface area contributed by atoms with Gasteiger partial charge in [0.1, 0.15) is 5.76 Å². The van der Waals surface area contributed by atoms with Crippen molar-refractivity contribution in [3.8, 4) is 0 Å². The van der Waals surface area contributed by atoms with Crippen molar-refractivity contribution in [2.24, 2.45) is 0 Å². The van der Waals surface area contributed by atoms with E-state index in [-0.39, 0.29) is 12.3 Å². The number of carbonyl (C=O) groups is 2. The van der Waals surface area contributed by atoms with E-state index in [2.05, 4.69) is 10.5 Å². The molecule has 0 aliphatic heterocycles. The van der Waals surface area contributed by atoms with Crippen molar-refractivity contribution in [1.29, 1.82) is 0 Å². The number of amides is 1. The van der Waals surface area contributed by atoms with Crippen LogP contribution in [0.4, 0.5) is 0 Å². The molecular formula is C16H18N2O4. The Balaban J connectivity index is 2.14. The zero-order chi connectivity index (χ0) is 16.1. The topological polar surface area (TPSA) is 81.4 Å². The van der Waals surface area contributed by atoms with E-state index in [1.165, 1.54) is 7.11 Å². The van der Waals surface area contributed by atoms with E-state index in [0.717, 1.165) is 5.56 Å². The van der Waals surface area contributed by atoms with Crippen LogP contribution in [-0.2, 0) is 20.7 Å². The molecule has 0 saturated carbocycles. The fourth-order valence-electron chi connectivity index (χ4n) is 2.17. The summed E-state index contributed by atoms with van der Waals surface area (Å²) in [7, 11) is 1.29. The second kappa shape index (κ2) is 6.89. The second-order valence-electron chi connectivity index (χ2n) is 4.91. The summed E-state index contributed by atoms with van der Waals surface area (Å²) < 4.78 is 9.80. The number of ether oxygens (including phenoxy) is 1. The summed E-state index contributed by atoms with van der Waals surface area (Å²) in [4.78, 5) is 24.1. The lowest BCUT2D eigenvalue weighted by molar-refractivity contribution is -0.145. The van der Waals surface area contributed by atoms with Crippen LogP contribution >= 0.6 is 0 Å². The minimum Gasteiger partial charge on any atom is -0.467 e. The molecule has 0 saturated heterocycles. The number of nitrogens with one attached hydrogen (secondary N) is 1. The van der Waals surface area contributed by atoms with E-state index >= 15 is 0 Å². The molecule has 0 spiro atoms. The Morgan fingerprint density at radius 2 is 1.95 bits per heavy atom. The smallest absolute Gasteiger partial charge is 0.333 e. The van der Waals surface area contributed by atoms with Gasteiger partial charge in [-0.15, -0.1) is 0 Å². The quantitative estimate of drug-likeness (QED) is 0.853. The maximum absolute atomic E-state index is 12.2. The lowest BCUT2D eigenvalue weighted by atomic mass is 10.1. The number of methoxy groups -OCH3 is 1. The molecule has 0 unspecified atom stereocenters. The number of nitrogens with zero attached hydrogens (tertiary/aromatic N) is 1. The number of carbonyl (C=O) groups excluding carboxylic acids is 2. The molecule has 0 aliphatic carbocycles. The second-order valence-corrected chi connectivity index (χ2v) is 4.91. The fourth-order valence-corrected chi connectivity index (χ4v) is 2.17. The van der Waals surface area contributed by atoms with Crippen LogP contribution in [0.3, 0.4) is 0 Å². The van der Waals surface area contributed by atoms with Crippen LogP contribution in [0, 0.1) is 13.8 Å². The predicted octanol–water partition coefficient (Wildman–Crippen LogP) is 1.86. The minimum atomic E-state index is -0.834. The van der Waals surface area contributed by atoms with Crippen LogP contribution in [0.25, 0.3) is 0 Å². The van der Waals surface area contributed by atoms with Crippen molar-refractivity contribution in [2.45, 2.75) is 26.3 Å². The van der Waals surface area contributed by atoms with E-state index in [9.17, 15) is 9.59 Å². The van der Waals surface area contributed by atoms with Gasteiger partial charge in [0, 0.05) is 5.56 Å². The monoisotopic (exact) mass is 302 g/mol. The molecule has 6 heteroatoms.